The zero-order chi connectivity index (χ0) is 16.2. The number of hydrogen-bond acceptors (Lipinski definition) is 2. The Balaban J connectivity index is 3.10. The van der Waals surface area contributed by atoms with Crippen LogP contribution in [0, 0.1) is 5.92 Å². The lowest BCUT2D eigenvalue weighted by Crippen LogP contribution is -2.26. The Morgan fingerprint density at radius 2 is 1.86 bits per heavy atom. The predicted octanol–water partition coefficient (Wildman–Crippen LogP) is 4.64. The minimum atomic E-state index is -4.55. The van der Waals surface area contributed by atoms with Gasteiger partial charge in [0.05, 0.1) is 11.1 Å². The van der Waals surface area contributed by atoms with Crippen molar-refractivity contribution in [3.8, 4) is 0 Å². The Hall–Kier alpha value is -1.72. The van der Waals surface area contributed by atoms with Gasteiger partial charge in [0.1, 0.15) is 0 Å². The van der Waals surface area contributed by atoms with E-state index in [0.29, 0.717) is 12.0 Å². The molecule has 118 valence electrons. The van der Waals surface area contributed by atoms with Crippen LogP contribution < -0.4 is 5.32 Å². The van der Waals surface area contributed by atoms with Crippen molar-refractivity contribution in [2.45, 2.75) is 45.8 Å². The zero-order valence-corrected chi connectivity index (χ0v) is 12.3. The average molecular weight is 303 g/mol. The van der Waals surface area contributed by atoms with Crippen molar-refractivity contribution < 1.29 is 23.1 Å². The van der Waals surface area contributed by atoms with Crippen LogP contribution in [0.3, 0.4) is 0 Å². The first kappa shape index (κ1) is 17.3. The third-order valence-corrected chi connectivity index (χ3v) is 3.72. The molecule has 1 atom stereocenters. The van der Waals surface area contributed by atoms with Crippen molar-refractivity contribution in [2.24, 2.45) is 5.92 Å². The fraction of sp³-hybridized carbons (Fsp3) is 0.533. The first-order chi connectivity index (χ1) is 9.70. The maximum atomic E-state index is 12.6. The smallest absolute Gasteiger partial charge is 0.416 e. The molecule has 2 N–H and O–H groups in total. The normalized spacial score (nSPS) is 13.3. The van der Waals surface area contributed by atoms with Gasteiger partial charge in [-0.1, -0.05) is 26.7 Å². The van der Waals surface area contributed by atoms with Crippen molar-refractivity contribution in [3.05, 3.63) is 29.3 Å². The van der Waals surface area contributed by atoms with E-state index >= 15 is 0 Å². The molecule has 1 aromatic rings. The topological polar surface area (TPSA) is 49.3 Å². The van der Waals surface area contributed by atoms with Crippen LogP contribution >= 0.6 is 0 Å². The van der Waals surface area contributed by atoms with Gasteiger partial charge in [0, 0.05) is 11.7 Å². The first-order valence-electron chi connectivity index (χ1n) is 6.91. The van der Waals surface area contributed by atoms with E-state index in [0.717, 1.165) is 18.9 Å². The molecule has 1 unspecified atom stereocenters. The molecule has 1 rings (SSSR count). The molecule has 0 radical (unpaired) electrons. The van der Waals surface area contributed by atoms with Crippen LogP contribution in [0.2, 0.25) is 0 Å². The van der Waals surface area contributed by atoms with Crippen molar-refractivity contribution in [2.75, 3.05) is 5.32 Å². The highest BCUT2D eigenvalue weighted by molar-refractivity contribution is 5.94. The average Bonchev–Trinajstić information content (AvgIpc) is 2.38. The highest BCUT2D eigenvalue weighted by Gasteiger charge is 2.32. The number of carbonyl (C=O) groups is 1. The number of anilines is 1. The summed E-state index contributed by atoms with van der Waals surface area (Å²) in [4.78, 5) is 11.2. The molecule has 0 aliphatic carbocycles. The number of nitrogens with one attached hydrogen (secondary N) is 1. The van der Waals surface area contributed by atoms with E-state index in [9.17, 15) is 18.0 Å². The summed E-state index contributed by atoms with van der Waals surface area (Å²) in [6.45, 7) is 5.95. The molecule has 21 heavy (non-hydrogen) atoms. The quantitative estimate of drug-likeness (QED) is 0.805. The summed E-state index contributed by atoms with van der Waals surface area (Å²) in [6, 6.07) is 2.74. The van der Waals surface area contributed by atoms with Crippen LogP contribution in [0.15, 0.2) is 18.2 Å². The van der Waals surface area contributed by atoms with Crippen LogP contribution in [0.25, 0.3) is 0 Å². The molecular formula is C15H20F3NO2. The molecule has 0 aliphatic rings. The number of hydrogen-bond donors (Lipinski definition) is 2. The lowest BCUT2D eigenvalue weighted by molar-refractivity contribution is -0.137. The van der Waals surface area contributed by atoms with Gasteiger partial charge in [-0.15, -0.1) is 0 Å². The van der Waals surface area contributed by atoms with Gasteiger partial charge in [0.25, 0.3) is 0 Å². The van der Waals surface area contributed by atoms with Crippen molar-refractivity contribution in [1.82, 2.24) is 0 Å². The summed E-state index contributed by atoms with van der Waals surface area (Å²) in [5.41, 5.74) is -1.10. The molecular weight excluding hydrogens is 283 g/mol. The van der Waals surface area contributed by atoms with Gasteiger partial charge < -0.3 is 10.4 Å². The SMILES string of the molecule is CCC(CC)C(C)Nc1ccc(C(F)(F)F)cc1C(=O)O. The second-order valence-electron chi connectivity index (χ2n) is 5.07. The van der Waals surface area contributed by atoms with Gasteiger partial charge in [-0.25, -0.2) is 4.79 Å². The van der Waals surface area contributed by atoms with Crippen LogP contribution in [-0.2, 0) is 6.18 Å². The van der Waals surface area contributed by atoms with Gasteiger partial charge in [-0.05, 0) is 31.0 Å². The van der Waals surface area contributed by atoms with Gasteiger partial charge in [-0.2, -0.15) is 13.2 Å². The second kappa shape index (κ2) is 6.83. The number of carboxylic acids is 1. The van der Waals surface area contributed by atoms with Gasteiger partial charge in [0.15, 0.2) is 0 Å². The molecule has 0 heterocycles. The second-order valence-corrected chi connectivity index (χ2v) is 5.07. The van der Waals surface area contributed by atoms with E-state index in [1.165, 1.54) is 6.07 Å². The molecule has 1 aromatic carbocycles. The molecule has 0 saturated carbocycles. The summed E-state index contributed by atoms with van der Waals surface area (Å²) in [5, 5.41) is 12.1. The summed E-state index contributed by atoms with van der Waals surface area (Å²) in [7, 11) is 0. The van der Waals surface area contributed by atoms with Gasteiger partial charge in [-0.3, -0.25) is 0 Å². The van der Waals surface area contributed by atoms with Crippen LogP contribution in [0.4, 0.5) is 18.9 Å². The molecule has 0 saturated heterocycles. The summed E-state index contributed by atoms with van der Waals surface area (Å²) in [5.74, 6) is -1.05. The largest absolute Gasteiger partial charge is 0.478 e. The minimum Gasteiger partial charge on any atom is -0.478 e. The Morgan fingerprint density at radius 1 is 1.29 bits per heavy atom. The Kier molecular flexibility index (Phi) is 5.63. The van der Waals surface area contributed by atoms with E-state index < -0.39 is 17.7 Å². The van der Waals surface area contributed by atoms with Crippen LogP contribution in [-0.4, -0.2) is 17.1 Å². The van der Waals surface area contributed by atoms with Crippen LogP contribution in [0.5, 0.6) is 0 Å². The van der Waals surface area contributed by atoms with E-state index in [1.807, 2.05) is 20.8 Å². The lowest BCUT2D eigenvalue weighted by Gasteiger charge is -2.24. The number of halogens is 3. The Labute approximate surface area is 122 Å². The van der Waals surface area contributed by atoms with Gasteiger partial charge in [0.2, 0.25) is 0 Å². The standard InChI is InChI=1S/C15H20F3NO2/c1-4-10(5-2)9(3)19-13-7-6-11(15(16,17)18)8-12(13)14(20)21/h6-10,19H,4-5H2,1-3H3,(H,20,21). The van der Waals surface area contributed by atoms with Crippen LogP contribution in [0.1, 0.15) is 49.5 Å². The molecule has 3 nitrogen and oxygen atoms in total. The third-order valence-electron chi connectivity index (χ3n) is 3.72. The highest BCUT2D eigenvalue weighted by atomic mass is 19.4. The monoisotopic (exact) mass is 303 g/mol. The molecule has 0 amide bonds. The third kappa shape index (κ3) is 4.37. The maximum Gasteiger partial charge on any atom is 0.416 e. The fourth-order valence-electron chi connectivity index (χ4n) is 2.38. The van der Waals surface area contributed by atoms with Crippen molar-refractivity contribution in [1.29, 1.82) is 0 Å². The number of rotatable bonds is 6. The first-order valence-corrected chi connectivity index (χ1v) is 6.91. The van der Waals surface area contributed by atoms with E-state index in [2.05, 4.69) is 5.32 Å². The zero-order valence-electron chi connectivity index (χ0n) is 12.3. The Bertz CT molecular complexity index is 496. The molecule has 0 fully saturated rings. The Morgan fingerprint density at radius 3 is 2.29 bits per heavy atom. The molecule has 0 aromatic heterocycles. The number of benzene rings is 1. The number of alkyl halides is 3. The number of carboxylic acid groups (broad SMARTS) is 1. The number of aromatic carboxylic acids is 1. The maximum absolute atomic E-state index is 12.6. The van der Waals surface area contributed by atoms with Crippen molar-refractivity contribution in [3.63, 3.8) is 0 Å². The molecule has 0 aliphatic heterocycles. The van der Waals surface area contributed by atoms with E-state index in [-0.39, 0.29) is 17.3 Å². The fourth-order valence-corrected chi connectivity index (χ4v) is 2.38. The summed E-state index contributed by atoms with van der Waals surface area (Å²) in [6.07, 6.45) is -2.73. The minimum absolute atomic E-state index is 0.0187. The van der Waals surface area contributed by atoms with Gasteiger partial charge >= 0.3 is 12.1 Å². The summed E-state index contributed by atoms with van der Waals surface area (Å²) < 4.78 is 37.9. The van der Waals surface area contributed by atoms with E-state index in [1.54, 1.807) is 0 Å². The summed E-state index contributed by atoms with van der Waals surface area (Å²) >= 11 is 0. The molecule has 0 bridgehead atoms. The molecule has 0 spiro atoms. The lowest BCUT2D eigenvalue weighted by atomic mass is 9.95. The highest BCUT2D eigenvalue weighted by Crippen LogP contribution is 2.32. The van der Waals surface area contributed by atoms with Crippen molar-refractivity contribution >= 4 is 11.7 Å². The molecule has 6 heteroatoms. The predicted molar refractivity (Wildman–Crippen MR) is 75.6 cm³/mol. The van der Waals surface area contributed by atoms with E-state index in [4.69, 9.17) is 5.11 Å².